The molecule has 0 fully saturated rings. The van der Waals surface area contributed by atoms with Crippen LogP contribution in [0.15, 0.2) is 58.7 Å². The highest BCUT2D eigenvalue weighted by Crippen LogP contribution is 2.39. The van der Waals surface area contributed by atoms with Crippen LogP contribution in [0.3, 0.4) is 0 Å². The maximum Gasteiger partial charge on any atom is 0.0880 e. The molecule has 25 heavy (non-hydrogen) atoms. The molecule has 1 aromatic heterocycles. The van der Waals surface area contributed by atoms with Crippen molar-refractivity contribution in [3.05, 3.63) is 69.4 Å². The molecule has 2 aromatic rings. The summed E-state index contributed by atoms with van der Waals surface area (Å²) in [6.07, 6.45) is 5.97. The smallest absolute Gasteiger partial charge is 0.0880 e. The average Bonchev–Trinajstić information content (AvgIpc) is 2.83. The minimum Gasteiger partial charge on any atom is -0.296 e. The van der Waals surface area contributed by atoms with Crippen LogP contribution in [0.4, 0.5) is 0 Å². The molecule has 6 heteroatoms. The number of pyridine rings is 1. The van der Waals surface area contributed by atoms with Crippen LogP contribution < -0.4 is 0 Å². The van der Waals surface area contributed by atoms with Gasteiger partial charge in [0, 0.05) is 46.0 Å². The minimum absolute atomic E-state index is 0.313. The molecule has 2 heterocycles. The van der Waals surface area contributed by atoms with E-state index in [9.17, 15) is 0 Å². The summed E-state index contributed by atoms with van der Waals surface area (Å²) in [5.41, 5.74) is 1.25. The molecule has 0 aliphatic carbocycles. The van der Waals surface area contributed by atoms with E-state index in [-0.39, 0.29) is 0 Å². The summed E-state index contributed by atoms with van der Waals surface area (Å²) in [6.45, 7) is 7.47. The van der Waals surface area contributed by atoms with Gasteiger partial charge in [-0.25, -0.2) is 5.01 Å². The summed E-state index contributed by atoms with van der Waals surface area (Å²) in [5, 5.41) is 7.26. The molecule has 0 spiro atoms. The number of hydrogen-bond acceptors (Lipinski definition) is 4. The third-order valence-electron chi connectivity index (χ3n) is 4.00. The normalized spacial score (nSPS) is 18.1. The molecule has 0 radical (unpaired) electrons. The molecule has 1 aromatic carbocycles. The van der Waals surface area contributed by atoms with Gasteiger partial charge < -0.3 is 0 Å². The lowest BCUT2D eigenvalue weighted by molar-refractivity contribution is -0.0152. The van der Waals surface area contributed by atoms with Crippen molar-refractivity contribution in [1.82, 2.24) is 15.0 Å². The fourth-order valence-corrected chi connectivity index (χ4v) is 4.87. The minimum atomic E-state index is 0.313. The molecule has 3 rings (SSSR count). The third-order valence-corrected chi connectivity index (χ3v) is 5.44. The summed E-state index contributed by atoms with van der Waals surface area (Å²) in [4.78, 5) is 5.15. The van der Waals surface area contributed by atoms with E-state index < -0.39 is 0 Å². The number of aromatic nitrogens is 1. The van der Waals surface area contributed by atoms with Gasteiger partial charge in [0.1, 0.15) is 0 Å². The van der Waals surface area contributed by atoms with Crippen LogP contribution in [0, 0.1) is 0 Å². The van der Waals surface area contributed by atoms with Crippen LogP contribution >= 0.6 is 35.0 Å². The highest BCUT2D eigenvalue weighted by molar-refractivity contribution is 8.03. The van der Waals surface area contributed by atoms with Crippen molar-refractivity contribution in [2.75, 3.05) is 0 Å². The van der Waals surface area contributed by atoms with Gasteiger partial charge in [0.25, 0.3) is 0 Å². The number of hydrogen-bond donors (Lipinski definition) is 0. The van der Waals surface area contributed by atoms with Gasteiger partial charge in [-0.1, -0.05) is 35.0 Å². The quantitative estimate of drug-likeness (QED) is 0.633. The zero-order chi connectivity index (χ0) is 18.0. The Morgan fingerprint density at radius 3 is 2.36 bits per heavy atom. The number of halogens is 2. The molecular weight excluding hydrogens is 373 g/mol. The first kappa shape index (κ1) is 18.6. The lowest BCUT2D eigenvalue weighted by Crippen LogP contribution is -2.44. The van der Waals surface area contributed by atoms with Gasteiger partial charge in [0.05, 0.1) is 5.03 Å². The van der Waals surface area contributed by atoms with E-state index in [1.54, 1.807) is 17.8 Å². The predicted molar refractivity (Wildman–Crippen MR) is 107 cm³/mol. The molecule has 1 atom stereocenters. The molecule has 0 saturated carbocycles. The maximum atomic E-state index is 6.15. The molecule has 1 aliphatic heterocycles. The van der Waals surface area contributed by atoms with Crippen molar-refractivity contribution >= 4 is 35.0 Å². The fourth-order valence-electron chi connectivity index (χ4n) is 2.93. The fraction of sp³-hybridized carbons (Fsp3) is 0.316. The Morgan fingerprint density at radius 1 is 1.12 bits per heavy atom. The van der Waals surface area contributed by atoms with Crippen molar-refractivity contribution in [1.29, 1.82) is 0 Å². The Labute approximate surface area is 163 Å². The van der Waals surface area contributed by atoms with E-state index in [2.05, 4.69) is 54.0 Å². The molecule has 1 aliphatic rings. The number of benzene rings is 1. The molecular formula is C19H21Cl2N3S. The second-order valence-electron chi connectivity index (χ2n) is 6.34. The summed E-state index contributed by atoms with van der Waals surface area (Å²) in [7, 11) is 0. The van der Waals surface area contributed by atoms with Crippen LogP contribution in [0.5, 0.6) is 0 Å². The second kappa shape index (κ2) is 8.00. The maximum absolute atomic E-state index is 6.15. The number of rotatable bonds is 5. The first-order chi connectivity index (χ1) is 11.9. The van der Waals surface area contributed by atoms with Crippen molar-refractivity contribution < 1.29 is 0 Å². The van der Waals surface area contributed by atoms with Gasteiger partial charge in [0.15, 0.2) is 0 Å². The van der Waals surface area contributed by atoms with Gasteiger partial charge in [-0.2, -0.15) is 0 Å². The molecule has 132 valence electrons. The zero-order valence-electron chi connectivity index (χ0n) is 14.5. The van der Waals surface area contributed by atoms with E-state index in [4.69, 9.17) is 23.2 Å². The Kier molecular flexibility index (Phi) is 5.95. The topological polar surface area (TPSA) is 19.4 Å². The zero-order valence-corrected chi connectivity index (χ0v) is 16.8. The van der Waals surface area contributed by atoms with Crippen LogP contribution in [-0.2, 0) is 6.54 Å². The first-order valence-electron chi connectivity index (χ1n) is 8.24. The van der Waals surface area contributed by atoms with Crippen LogP contribution in [0.25, 0.3) is 0 Å². The van der Waals surface area contributed by atoms with Gasteiger partial charge in [-0.15, -0.1) is 0 Å². The van der Waals surface area contributed by atoms with Gasteiger partial charge in [0.2, 0.25) is 0 Å². The molecule has 0 amide bonds. The number of nitrogens with zero attached hydrogens (tertiary/aromatic N) is 3. The first-order valence-corrected chi connectivity index (χ1v) is 9.81. The standard InChI is InChI=1S/C19H21Cl2N3S/c1-13(2)24-19(25-18-10-16(20)9-17(21)11-18)8-14(3)23(24)12-15-4-6-22-7-5-15/h4-11,13-14H,12H2,1-3H3. The van der Waals surface area contributed by atoms with E-state index in [1.165, 1.54) is 10.6 Å². The lowest BCUT2D eigenvalue weighted by Gasteiger charge is -2.37. The van der Waals surface area contributed by atoms with Crippen LogP contribution in [-0.4, -0.2) is 27.1 Å². The van der Waals surface area contributed by atoms with Crippen LogP contribution in [0.2, 0.25) is 10.0 Å². The van der Waals surface area contributed by atoms with Crippen LogP contribution in [0.1, 0.15) is 26.3 Å². The highest BCUT2D eigenvalue weighted by Gasteiger charge is 2.31. The Hall–Kier alpha value is -1.20. The van der Waals surface area contributed by atoms with Crippen molar-refractivity contribution in [3.63, 3.8) is 0 Å². The molecule has 1 unspecified atom stereocenters. The highest BCUT2D eigenvalue weighted by atomic mass is 35.5. The Bertz CT molecular complexity index is 744. The second-order valence-corrected chi connectivity index (χ2v) is 8.31. The van der Waals surface area contributed by atoms with E-state index in [0.717, 1.165) is 11.4 Å². The van der Waals surface area contributed by atoms with E-state index in [0.29, 0.717) is 22.1 Å². The number of thioether (sulfide) groups is 1. The summed E-state index contributed by atoms with van der Waals surface area (Å²) in [5.74, 6) is 0. The van der Waals surface area contributed by atoms with Crippen molar-refractivity contribution in [2.45, 2.75) is 44.3 Å². The lowest BCUT2D eigenvalue weighted by atomic mass is 10.2. The largest absolute Gasteiger partial charge is 0.296 e. The summed E-state index contributed by atoms with van der Waals surface area (Å²) < 4.78 is 0. The van der Waals surface area contributed by atoms with E-state index in [1.807, 2.05) is 24.5 Å². The Balaban J connectivity index is 1.82. The third kappa shape index (κ3) is 4.50. The van der Waals surface area contributed by atoms with Gasteiger partial charge >= 0.3 is 0 Å². The van der Waals surface area contributed by atoms with Crippen molar-refractivity contribution in [3.8, 4) is 0 Å². The Morgan fingerprint density at radius 2 is 1.76 bits per heavy atom. The van der Waals surface area contributed by atoms with Crippen molar-refractivity contribution in [2.24, 2.45) is 0 Å². The molecule has 3 nitrogen and oxygen atoms in total. The average molecular weight is 394 g/mol. The summed E-state index contributed by atoms with van der Waals surface area (Å²) in [6, 6.07) is 10.4. The molecule has 0 bridgehead atoms. The monoisotopic (exact) mass is 393 g/mol. The molecule has 0 saturated heterocycles. The SMILES string of the molecule is CC1C=C(Sc2cc(Cl)cc(Cl)c2)N(C(C)C)N1Cc1ccncc1. The number of hydrazine groups is 1. The van der Waals surface area contributed by atoms with E-state index >= 15 is 0 Å². The van der Waals surface area contributed by atoms with Gasteiger partial charge in [-0.05, 0) is 62.7 Å². The molecule has 0 N–H and O–H groups in total. The predicted octanol–water partition coefficient (Wildman–Crippen LogP) is 5.85. The summed E-state index contributed by atoms with van der Waals surface area (Å²) >= 11 is 14.0. The van der Waals surface area contributed by atoms with Gasteiger partial charge in [-0.3, -0.25) is 9.99 Å².